The van der Waals surface area contributed by atoms with E-state index in [1.54, 1.807) is 24.3 Å². The molecule has 0 radical (unpaired) electrons. The number of anilines is 2. The highest BCUT2D eigenvalue weighted by atomic mass is 16.2. The third-order valence-corrected chi connectivity index (χ3v) is 3.24. The average Bonchev–Trinajstić information content (AvgIpc) is 2.69. The maximum absolute atomic E-state index is 12.0. The fourth-order valence-electron chi connectivity index (χ4n) is 2.24. The lowest BCUT2D eigenvalue weighted by molar-refractivity contribution is -0.117. The van der Waals surface area contributed by atoms with Gasteiger partial charge in [0.15, 0.2) is 0 Å². The molecule has 1 fully saturated rings. The van der Waals surface area contributed by atoms with Crippen LogP contribution < -0.4 is 21.7 Å². The normalized spacial score (nSPS) is 16.0. The molecule has 3 amide bonds. The smallest absolute Gasteiger partial charge is 0.316 e. The lowest BCUT2D eigenvalue weighted by Gasteiger charge is -2.18. The lowest BCUT2D eigenvalue weighted by atomic mass is 10.2. The maximum atomic E-state index is 12.0. The van der Waals surface area contributed by atoms with Gasteiger partial charge >= 0.3 is 6.03 Å². The van der Waals surface area contributed by atoms with E-state index in [1.807, 2.05) is 0 Å². The first-order valence-corrected chi connectivity index (χ1v) is 7.03. The summed E-state index contributed by atoms with van der Waals surface area (Å²) in [6.45, 7) is 4.13. The van der Waals surface area contributed by atoms with Crippen LogP contribution in [-0.2, 0) is 4.79 Å². The van der Waals surface area contributed by atoms with Gasteiger partial charge in [-0.3, -0.25) is 9.69 Å². The van der Waals surface area contributed by atoms with Crippen LogP contribution in [0.4, 0.5) is 16.2 Å². The van der Waals surface area contributed by atoms with Crippen LogP contribution in [0.5, 0.6) is 0 Å². The van der Waals surface area contributed by atoms with Gasteiger partial charge in [0.05, 0.1) is 6.54 Å². The molecule has 1 aliphatic rings. The summed E-state index contributed by atoms with van der Waals surface area (Å²) in [5, 5.41) is 8.62. The summed E-state index contributed by atoms with van der Waals surface area (Å²) in [6, 6.07) is 6.23. The fourth-order valence-corrected chi connectivity index (χ4v) is 2.24. The zero-order valence-corrected chi connectivity index (χ0v) is 11.9. The quantitative estimate of drug-likeness (QED) is 0.645. The van der Waals surface area contributed by atoms with Crippen molar-refractivity contribution in [3.05, 3.63) is 24.3 Å². The number of urea groups is 1. The molecule has 5 N–H and O–H groups in total. The number of rotatable bonds is 4. The van der Waals surface area contributed by atoms with Crippen molar-refractivity contribution in [2.75, 3.05) is 43.4 Å². The first kappa shape index (κ1) is 15.3. The van der Waals surface area contributed by atoms with Crippen molar-refractivity contribution in [3.8, 4) is 0 Å². The Morgan fingerprint density at radius 2 is 1.76 bits per heavy atom. The molecule has 0 bridgehead atoms. The fraction of sp³-hybridized carbons (Fsp3) is 0.429. The second-order valence-corrected chi connectivity index (χ2v) is 4.99. The minimum absolute atomic E-state index is 0.0347. The van der Waals surface area contributed by atoms with Crippen molar-refractivity contribution < 1.29 is 9.59 Å². The second kappa shape index (κ2) is 7.61. The Hall–Kier alpha value is -2.12. The van der Waals surface area contributed by atoms with Gasteiger partial charge in [-0.2, -0.15) is 0 Å². The van der Waals surface area contributed by atoms with Gasteiger partial charge in [-0.15, -0.1) is 0 Å². The molecule has 0 aromatic heterocycles. The first-order valence-electron chi connectivity index (χ1n) is 7.03. The van der Waals surface area contributed by atoms with Gasteiger partial charge in [-0.25, -0.2) is 4.79 Å². The molecule has 7 nitrogen and oxygen atoms in total. The van der Waals surface area contributed by atoms with E-state index in [0.717, 1.165) is 32.6 Å². The Bertz CT molecular complexity index is 481. The molecular formula is C14H21N5O2. The van der Waals surface area contributed by atoms with Gasteiger partial charge in [0.1, 0.15) is 0 Å². The largest absolute Gasteiger partial charge is 0.351 e. The Labute approximate surface area is 123 Å². The Morgan fingerprint density at radius 1 is 1.10 bits per heavy atom. The van der Waals surface area contributed by atoms with Crippen molar-refractivity contribution >= 4 is 23.3 Å². The van der Waals surface area contributed by atoms with Crippen LogP contribution >= 0.6 is 0 Å². The monoisotopic (exact) mass is 291 g/mol. The van der Waals surface area contributed by atoms with Gasteiger partial charge in [0.2, 0.25) is 5.91 Å². The minimum Gasteiger partial charge on any atom is -0.351 e. The molecule has 0 aliphatic carbocycles. The molecule has 1 aromatic rings. The van der Waals surface area contributed by atoms with Crippen molar-refractivity contribution in [1.29, 1.82) is 0 Å². The summed E-state index contributed by atoms with van der Waals surface area (Å²) >= 11 is 0. The molecule has 114 valence electrons. The molecule has 1 saturated heterocycles. The highest BCUT2D eigenvalue weighted by molar-refractivity contribution is 5.93. The number of carbonyl (C=O) groups excluding carboxylic acids is 2. The number of nitrogens with zero attached hydrogens (tertiary/aromatic N) is 1. The zero-order chi connectivity index (χ0) is 15.1. The van der Waals surface area contributed by atoms with Gasteiger partial charge in [0.25, 0.3) is 0 Å². The summed E-state index contributed by atoms with van der Waals surface area (Å²) in [5.74, 6) is -0.0347. The lowest BCUT2D eigenvalue weighted by Crippen LogP contribution is -2.35. The third kappa shape index (κ3) is 5.41. The van der Waals surface area contributed by atoms with Crippen molar-refractivity contribution in [3.63, 3.8) is 0 Å². The summed E-state index contributed by atoms with van der Waals surface area (Å²) in [4.78, 5) is 24.8. The van der Waals surface area contributed by atoms with Crippen molar-refractivity contribution in [2.24, 2.45) is 5.73 Å². The van der Waals surface area contributed by atoms with Crippen LogP contribution in [0.1, 0.15) is 6.42 Å². The number of primary amides is 1. The average molecular weight is 291 g/mol. The number of benzene rings is 1. The Balaban J connectivity index is 1.82. The predicted octanol–water partition coefficient (Wildman–Crippen LogP) is 0.411. The highest BCUT2D eigenvalue weighted by Crippen LogP contribution is 2.13. The van der Waals surface area contributed by atoms with E-state index in [9.17, 15) is 9.59 Å². The first-order chi connectivity index (χ1) is 10.1. The van der Waals surface area contributed by atoms with Gasteiger partial charge in [0, 0.05) is 24.5 Å². The van der Waals surface area contributed by atoms with E-state index in [-0.39, 0.29) is 5.91 Å². The Morgan fingerprint density at radius 3 is 2.43 bits per heavy atom. The standard InChI is InChI=1S/C14H21N5O2/c15-14(21)18-12-4-2-11(3-5-12)17-13(20)10-19-8-1-6-16-7-9-19/h2-5,16H,1,6-10H2,(H,17,20)(H3,15,18,21). The van der Waals surface area contributed by atoms with E-state index in [2.05, 4.69) is 20.9 Å². The number of nitrogens with two attached hydrogens (primary N) is 1. The summed E-state index contributed by atoms with van der Waals surface area (Å²) in [5.41, 5.74) is 6.32. The Kier molecular flexibility index (Phi) is 5.53. The van der Waals surface area contributed by atoms with Gasteiger partial charge in [-0.05, 0) is 43.8 Å². The number of nitrogens with one attached hydrogen (secondary N) is 3. The number of carbonyl (C=O) groups is 2. The number of hydrogen-bond acceptors (Lipinski definition) is 4. The molecule has 0 unspecified atom stereocenters. The molecule has 21 heavy (non-hydrogen) atoms. The van der Waals surface area contributed by atoms with E-state index >= 15 is 0 Å². The minimum atomic E-state index is -0.610. The summed E-state index contributed by atoms with van der Waals surface area (Å²) < 4.78 is 0. The molecular weight excluding hydrogens is 270 g/mol. The van der Waals surface area contributed by atoms with E-state index in [0.29, 0.717) is 17.9 Å². The van der Waals surface area contributed by atoms with E-state index in [4.69, 9.17) is 5.73 Å². The SMILES string of the molecule is NC(=O)Nc1ccc(NC(=O)CN2CCCNCC2)cc1. The summed E-state index contributed by atoms with van der Waals surface area (Å²) in [6.07, 6.45) is 1.06. The van der Waals surface area contributed by atoms with Crippen LogP contribution in [0.3, 0.4) is 0 Å². The second-order valence-electron chi connectivity index (χ2n) is 4.99. The molecule has 0 saturated carbocycles. The van der Waals surface area contributed by atoms with Crippen LogP contribution in [0.25, 0.3) is 0 Å². The summed E-state index contributed by atoms with van der Waals surface area (Å²) in [7, 11) is 0. The predicted molar refractivity (Wildman–Crippen MR) is 82.2 cm³/mol. The molecule has 2 rings (SSSR count). The highest BCUT2D eigenvalue weighted by Gasteiger charge is 2.12. The zero-order valence-electron chi connectivity index (χ0n) is 11.9. The number of hydrogen-bond donors (Lipinski definition) is 4. The van der Waals surface area contributed by atoms with Crippen molar-refractivity contribution in [1.82, 2.24) is 10.2 Å². The van der Waals surface area contributed by atoms with Gasteiger partial charge < -0.3 is 21.7 Å². The van der Waals surface area contributed by atoms with Gasteiger partial charge in [-0.1, -0.05) is 0 Å². The molecule has 1 heterocycles. The van der Waals surface area contributed by atoms with Crippen LogP contribution in [-0.4, -0.2) is 49.6 Å². The van der Waals surface area contributed by atoms with E-state index < -0.39 is 6.03 Å². The molecule has 0 atom stereocenters. The molecule has 7 heteroatoms. The maximum Gasteiger partial charge on any atom is 0.316 e. The van der Waals surface area contributed by atoms with Crippen LogP contribution in [0.15, 0.2) is 24.3 Å². The number of amides is 3. The van der Waals surface area contributed by atoms with Crippen LogP contribution in [0, 0.1) is 0 Å². The van der Waals surface area contributed by atoms with Crippen LogP contribution in [0.2, 0.25) is 0 Å². The molecule has 1 aliphatic heterocycles. The molecule has 0 spiro atoms. The van der Waals surface area contributed by atoms with E-state index in [1.165, 1.54) is 0 Å². The molecule has 1 aromatic carbocycles. The topological polar surface area (TPSA) is 99.5 Å². The van der Waals surface area contributed by atoms with Crippen molar-refractivity contribution in [2.45, 2.75) is 6.42 Å². The third-order valence-electron chi connectivity index (χ3n) is 3.24.